The fraction of sp³-hybridized carbons (Fsp3) is 0.714. The van der Waals surface area contributed by atoms with E-state index >= 15 is 0 Å². The Labute approximate surface area is 129 Å². The molecule has 2 amide bonds. The van der Waals surface area contributed by atoms with Crippen LogP contribution in [0.25, 0.3) is 0 Å². The molecule has 0 unspecified atom stereocenters. The zero-order valence-electron chi connectivity index (χ0n) is 12.9. The van der Waals surface area contributed by atoms with E-state index in [9.17, 15) is 9.59 Å². The molecule has 1 aromatic rings. The van der Waals surface area contributed by atoms with Crippen LogP contribution < -0.4 is 10.6 Å². The molecule has 0 spiro atoms. The van der Waals surface area contributed by atoms with Crippen LogP contribution in [-0.2, 0) is 16.0 Å². The number of carbonyl (C=O) groups is 2. The Kier molecular flexibility index (Phi) is 7.89. The lowest BCUT2D eigenvalue weighted by molar-refractivity contribution is -0.119. The van der Waals surface area contributed by atoms with Gasteiger partial charge in [0.05, 0.1) is 0 Å². The molecular weight excluding hydrogens is 288 g/mol. The first-order valence-corrected chi connectivity index (χ1v) is 8.15. The van der Waals surface area contributed by atoms with Crippen molar-refractivity contribution in [1.29, 1.82) is 0 Å². The smallest absolute Gasteiger partial charge is 0.226 e. The molecule has 1 rings (SSSR count). The summed E-state index contributed by atoms with van der Waals surface area (Å²) in [5.41, 5.74) is 0. The standard InChI is InChI=1S/C14H24N4O2S/c1-10(2)9-13-17-18-14(21-13)16-12(20)7-5-4-6-8-15-11(3)19/h10H,4-9H2,1-3H3,(H,15,19)(H,16,18,20). The van der Waals surface area contributed by atoms with Crippen LogP contribution >= 0.6 is 11.3 Å². The molecule has 0 atom stereocenters. The van der Waals surface area contributed by atoms with Crippen LogP contribution in [0.3, 0.4) is 0 Å². The molecule has 0 saturated carbocycles. The third-order valence-corrected chi connectivity index (χ3v) is 3.61. The number of anilines is 1. The number of hydrogen-bond donors (Lipinski definition) is 2. The number of unbranched alkanes of at least 4 members (excludes halogenated alkanes) is 2. The molecule has 6 nitrogen and oxygen atoms in total. The van der Waals surface area contributed by atoms with Crippen molar-refractivity contribution < 1.29 is 9.59 Å². The molecule has 118 valence electrons. The van der Waals surface area contributed by atoms with E-state index in [2.05, 4.69) is 34.7 Å². The Morgan fingerprint density at radius 2 is 1.95 bits per heavy atom. The lowest BCUT2D eigenvalue weighted by Gasteiger charge is -2.02. The number of hydrogen-bond acceptors (Lipinski definition) is 5. The predicted octanol–water partition coefficient (Wildman–Crippen LogP) is 2.37. The number of amides is 2. The molecule has 2 N–H and O–H groups in total. The third kappa shape index (κ3) is 8.39. The normalized spacial score (nSPS) is 10.7. The largest absolute Gasteiger partial charge is 0.356 e. The molecule has 0 aromatic carbocycles. The Hall–Kier alpha value is -1.50. The van der Waals surface area contributed by atoms with Gasteiger partial charge in [0.2, 0.25) is 16.9 Å². The van der Waals surface area contributed by atoms with Crippen LogP contribution in [0.5, 0.6) is 0 Å². The average molecular weight is 312 g/mol. The van der Waals surface area contributed by atoms with Gasteiger partial charge in [0.15, 0.2) is 0 Å². The molecule has 0 aliphatic rings. The minimum atomic E-state index is -0.0261. The lowest BCUT2D eigenvalue weighted by Crippen LogP contribution is -2.20. The number of nitrogens with one attached hydrogen (secondary N) is 2. The van der Waals surface area contributed by atoms with Crippen molar-refractivity contribution >= 4 is 28.3 Å². The fourth-order valence-corrected chi connectivity index (χ4v) is 2.74. The molecule has 21 heavy (non-hydrogen) atoms. The van der Waals surface area contributed by atoms with Gasteiger partial charge in [-0.25, -0.2) is 0 Å². The number of nitrogens with zero attached hydrogens (tertiary/aromatic N) is 2. The molecule has 0 radical (unpaired) electrons. The van der Waals surface area contributed by atoms with Gasteiger partial charge in [-0.15, -0.1) is 10.2 Å². The second-order valence-electron chi connectivity index (χ2n) is 5.44. The van der Waals surface area contributed by atoms with Crippen molar-refractivity contribution in [2.45, 2.75) is 52.9 Å². The van der Waals surface area contributed by atoms with Crippen molar-refractivity contribution in [3.8, 4) is 0 Å². The molecule has 1 aromatic heterocycles. The minimum Gasteiger partial charge on any atom is -0.356 e. The summed E-state index contributed by atoms with van der Waals surface area (Å²) in [7, 11) is 0. The van der Waals surface area contributed by atoms with Crippen LogP contribution in [0.1, 0.15) is 51.5 Å². The Bertz CT molecular complexity index is 460. The van der Waals surface area contributed by atoms with Gasteiger partial charge in [-0.2, -0.15) is 0 Å². The molecular formula is C14H24N4O2S. The van der Waals surface area contributed by atoms with Gasteiger partial charge in [-0.1, -0.05) is 31.6 Å². The van der Waals surface area contributed by atoms with Gasteiger partial charge in [0.1, 0.15) is 5.01 Å². The highest BCUT2D eigenvalue weighted by Crippen LogP contribution is 2.18. The minimum absolute atomic E-state index is 0.0128. The maximum Gasteiger partial charge on any atom is 0.226 e. The van der Waals surface area contributed by atoms with Crippen molar-refractivity contribution in [3.05, 3.63) is 5.01 Å². The van der Waals surface area contributed by atoms with E-state index in [-0.39, 0.29) is 11.8 Å². The maximum atomic E-state index is 11.7. The van der Waals surface area contributed by atoms with Gasteiger partial charge >= 0.3 is 0 Å². The van der Waals surface area contributed by atoms with Gasteiger partial charge in [0, 0.05) is 26.3 Å². The number of rotatable bonds is 9. The van der Waals surface area contributed by atoms with E-state index in [0.717, 1.165) is 30.7 Å². The summed E-state index contributed by atoms with van der Waals surface area (Å²) in [5.74, 6) is 0.494. The van der Waals surface area contributed by atoms with E-state index in [1.165, 1.54) is 18.3 Å². The molecule has 0 aliphatic heterocycles. The molecule has 7 heteroatoms. The van der Waals surface area contributed by atoms with Gasteiger partial charge in [-0.05, 0) is 18.8 Å². The molecule has 1 heterocycles. The summed E-state index contributed by atoms with van der Waals surface area (Å²) in [5, 5.41) is 15.1. The summed E-state index contributed by atoms with van der Waals surface area (Å²) >= 11 is 1.44. The molecule has 0 fully saturated rings. The fourth-order valence-electron chi connectivity index (χ4n) is 1.77. The Balaban J connectivity index is 2.15. The van der Waals surface area contributed by atoms with E-state index in [4.69, 9.17) is 0 Å². The van der Waals surface area contributed by atoms with Crippen LogP contribution in [-0.4, -0.2) is 28.6 Å². The van der Waals surface area contributed by atoms with Gasteiger partial charge in [-0.3, -0.25) is 9.59 Å². The summed E-state index contributed by atoms with van der Waals surface area (Å²) < 4.78 is 0. The summed E-state index contributed by atoms with van der Waals surface area (Å²) in [6.45, 7) is 6.43. The topological polar surface area (TPSA) is 84.0 Å². The summed E-state index contributed by atoms with van der Waals surface area (Å²) in [4.78, 5) is 22.4. The van der Waals surface area contributed by atoms with E-state index in [0.29, 0.717) is 24.0 Å². The van der Waals surface area contributed by atoms with Gasteiger partial charge in [0.25, 0.3) is 0 Å². The number of aromatic nitrogens is 2. The number of carbonyl (C=O) groups excluding carboxylic acids is 2. The van der Waals surface area contributed by atoms with Crippen LogP contribution in [0.4, 0.5) is 5.13 Å². The highest BCUT2D eigenvalue weighted by atomic mass is 32.1. The monoisotopic (exact) mass is 312 g/mol. The summed E-state index contributed by atoms with van der Waals surface area (Å²) in [6.07, 6.45) is 3.98. The van der Waals surface area contributed by atoms with E-state index in [1.807, 2.05) is 0 Å². The quantitative estimate of drug-likeness (QED) is 0.686. The van der Waals surface area contributed by atoms with Crippen LogP contribution in [0.2, 0.25) is 0 Å². The molecule has 0 aliphatic carbocycles. The Morgan fingerprint density at radius 1 is 1.19 bits per heavy atom. The highest BCUT2D eigenvalue weighted by molar-refractivity contribution is 7.15. The maximum absolute atomic E-state index is 11.7. The van der Waals surface area contributed by atoms with Crippen molar-refractivity contribution in [3.63, 3.8) is 0 Å². The van der Waals surface area contributed by atoms with Crippen LogP contribution in [0.15, 0.2) is 0 Å². The second kappa shape index (κ2) is 9.44. The summed E-state index contributed by atoms with van der Waals surface area (Å²) in [6, 6.07) is 0. The highest BCUT2D eigenvalue weighted by Gasteiger charge is 2.09. The third-order valence-electron chi connectivity index (χ3n) is 2.75. The van der Waals surface area contributed by atoms with E-state index in [1.54, 1.807) is 0 Å². The zero-order chi connectivity index (χ0) is 15.7. The molecule has 0 bridgehead atoms. The van der Waals surface area contributed by atoms with Crippen molar-refractivity contribution in [2.75, 3.05) is 11.9 Å². The average Bonchev–Trinajstić information content (AvgIpc) is 2.79. The Morgan fingerprint density at radius 3 is 2.62 bits per heavy atom. The molecule has 0 saturated heterocycles. The van der Waals surface area contributed by atoms with E-state index < -0.39 is 0 Å². The predicted molar refractivity (Wildman–Crippen MR) is 84.2 cm³/mol. The lowest BCUT2D eigenvalue weighted by atomic mass is 10.1. The second-order valence-corrected chi connectivity index (χ2v) is 6.50. The van der Waals surface area contributed by atoms with Crippen LogP contribution in [0, 0.1) is 5.92 Å². The first-order chi connectivity index (χ1) is 9.97. The first kappa shape index (κ1) is 17.6. The van der Waals surface area contributed by atoms with Crippen molar-refractivity contribution in [1.82, 2.24) is 15.5 Å². The van der Waals surface area contributed by atoms with Crippen molar-refractivity contribution in [2.24, 2.45) is 5.92 Å². The zero-order valence-corrected chi connectivity index (χ0v) is 13.8. The van der Waals surface area contributed by atoms with Gasteiger partial charge < -0.3 is 10.6 Å². The SMILES string of the molecule is CC(=O)NCCCCCC(=O)Nc1nnc(CC(C)C)s1. The first-order valence-electron chi connectivity index (χ1n) is 7.34.